The van der Waals surface area contributed by atoms with E-state index in [2.05, 4.69) is 16.7 Å². The number of hydrogen-bond donors (Lipinski definition) is 2. The quantitative estimate of drug-likeness (QED) is 0.765. The van der Waals surface area contributed by atoms with E-state index in [0.29, 0.717) is 21.3 Å². The molecule has 0 unspecified atom stereocenters. The van der Waals surface area contributed by atoms with Gasteiger partial charge in [0.15, 0.2) is 0 Å². The molecule has 28 heavy (non-hydrogen) atoms. The number of nitriles is 1. The smallest absolute Gasteiger partial charge is 0.234 e. The van der Waals surface area contributed by atoms with E-state index in [1.54, 1.807) is 24.3 Å². The summed E-state index contributed by atoms with van der Waals surface area (Å²) < 4.78 is 0. The molecule has 2 amide bonds. The molecule has 5 nitrogen and oxygen atoms in total. The van der Waals surface area contributed by atoms with Gasteiger partial charge in [0.25, 0.3) is 0 Å². The predicted molar refractivity (Wildman–Crippen MR) is 112 cm³/mol. The Kier molecular flexibility index (Phi) is 6.40. The lowest BCUT2D eigenvalue weighted by Crippen LogP contribution is -2.31. The maximum Gasteiger partial charge on any atom is 0.234 e. The number of hydrogen-bond acceptors (Lipinski definition) is 4. The number of rotatable bonds is 5. The van der Waals surface area contributed by atoms with Crippen LogP contribution in [-0.4, -0.2) is 17.6 Å². The normalized spacial score (nSPS) is 16.3. The Balaban J connectivity index is 1.77. The summed E-state index contributed by atoms with van der Waals surface area (Å²) in [6.07, 6.45) is 0.215. The standard InChI is InChI=1S/C21H18ClN3O2S/c1-13-5-2-3-8-16(13)17-10-19(26)25-21(18(17)11-23)28-12-20(27)24-15-7-4-6-14(22)9-15/h2-9,17H,10,12H2,1H3,(H,24,27)(H,25,26)/t17-/m1/s1. The van der Waals surface area contributed by atoms with Gasteiger partial charge in [-0.1, -0.05) is 53.7 Å². The van der Waals surface area contributed by atoms with Gasteiger partial charge in [0.2, 0.25) is 11.8 Å². The average molecular weight is 412 g/mol. The van der Waals surface area contributed by atoms with Crippen LogP contribution in [0.1, 0.15) is 23.5 Å². The number of anilines is 1. The van der Waals surface area contributed by atoms with Crippen LogP contribution in [0.15, 0.2) is 59.1 Å². The minimum atomic E-state index is -0.307. The number of amides is 2. The Labute approximate surface area is 172 Å². The minimum Gasteiger partial charge on any atom is -0.325 e. The molecule has 0 bridgehead atoms. The van der Waals surface area contributed by atoms with Crippen LogP contribution in [0.5, 0.6) is 0 Å². The summed E-state index contributed by atoms with van der Waals surface area (Å²) in [5.74, 6) is -0.652. The van der Waals surface area contributed by atoms with Crippen molar-refractivity contribution in [3.05, 3.63) is 75.3 Å². The Morgan fingerprint density at radius 1 is 1.32 bits per heavy atom. The van der Waals surface area contributed by atoms with Crippen LogP contribution in [0.25, 0.3) is 0 Å². The van der Waals surface area contributed by atoms with Crippen molar-refractivity contribution in [3.63, 3.8) is 0 Å². The maximum absolute atomic E-state index is 12.3. The van der Waals surface area contributed by atoms with Crippen LogP contribution in [0.3, 0.4) is 0 Å². The zero-order chi connectivity index (χ0) is 20.1. The highest BCUT2D eigenvalue weighted by Crippen LogP contribution is 2.37. The zero-order valence-electron chi connectivity index (χ0n) is 15.2. The number of carbonyl (C=O) groups is 2. The van der Waals surface area contributed by atoms with Crippen molar-refractivity contribution in [2.75, 3.05) is 11.1 Å². The Morgan fingerprint density at radius 3 is 2.82 bits per heavy atom. The summed E-state index contributed by atoms with van der Waals surface area (Å²) in [6.45, 7) is 1.96. The van der Waals surface area contributed by atoms with Gasteiger partial charge < -0.3 is 10.6 Å². The first-order chi connectivity index (χ1) is 13.5. The topological polar surface area (TPSA) is 82.0 Å². The summed E-state index contributed by atoms with van der Waals surface area (Å²) >= 11 is 7.07. The molecule has 0 aliphatic carbocycles. The number of aryl methyl sites for hydroxylation is 1. The molecule has 2 N–H and O–H groups in total. The van der Waals surface area contributed by atoms with Crippen LogP contribution >= 0.6 is 23.4 Å². The van der Waals surface area contributed by atoms with Crippen molar-refractivity contribution in [1.82, 2.24) is 5.32 Å². The molecule has 0 saturated heterocycles. The van der Waals surface area contributed by atoms with Crippen molar-refractivity contribution in [2.24, 2.45) is 0 Å². The van der Waals surface area contributed by atoms with E-state index in [9.17, 15) is 14.9 Å². The molecule has 0 spiro atoms. The van der Waals surface area contributed by atoms with E-state index in [1.807, 2.05) is 31.2 Å². The number of nitrogens with one attached hydrogen (secondary N) is 2. The fourth-order valence-electron chi connectivity index (χ4n) is 3.08. The van der Waals surface area contributed by atoms with Gasteiger partial charge in [-0.2, -0.15) is 5.26 Å². The van der Waals surface area contributed by atoms with E-state index in [0.717, 1.165) is 22.9 Å². The monoisotopic (exact) mass is 411 g/mol. The molecule has 2 aromatic rings. The summed E-state index contributed by atoms with van der Waals surface area (Å²) in [5.41, 5.74) is 3.06. The summed E-state index contributed by atoms with van der Waals surface area (Å²) in [4.78, 5) is 24.5. The van der Waals surface area contributed by atoms with Crippen LogP contribution in [0.4, 0.5) is 5.69 Å². The molecule has 7 heteroatoms. The van der Waals surface area contributed by atoms with Crippen molar-refractivity contribution in [1.29, 1.82) is 5.26 Å². The Hall–Kier alpha value is -2.75. The minimum absolute atomic E-state index is 0.0633. The summed E-state index contributed by atoms with van der Waals surface area (Å²) in [7, 11) is 0. The molecule has 1 aliphatic rings. The summed E-state index contributed by atoms with van der Waals surface area (Å²) in [5, 5.41) is 16.2. The second-order valence-corrected chi connectivity index (χ2v) is 7.79. The second-order valence-electron chi connectivity index (χ2n) is 6.36. The first-order valence-electron chi connectivity index (χ1n) is 8.66. The Morgan fingerprint density at radius 2 is 2.11 bits per heavy atom. The van der Waals surface area contributed by atoms with Gasteiger partial charge in [0.1, 0.15) is 0 Å². The molecule has 1 atom stereocenters. The van der Waals surface area contributed by atoms with Gasteiger partial charge in [-0.25, -0.2) is 0 Å². The molecule has 2 aromatic carbocycles. The molecule has 3 rings (SSSR count). The number of halogens is 1. The SMILES string of the molecule is Cc1ccccc1[C@H]1CC(=O)NC(SCC(=O)Nc2cccc(Cl)c2)=C1C#N. The first kappa shape index (κ1) is 20.0. The highest BCUT2D eigenvalue weighted by atomic mass is 35.5. The van der Waals surface area contributed by atoms with Gasteiger partial charge in [-0.3, -0.25) is 9.59 Å². The maximum atomic E-state index is 12.3. The van der Waals surface area contributed by atoms with Gasteiger partial charge in [0.05, 0.1) is 22.4 Å². The van der Waals surface area contributed by atoms with Crippen molar-refractivity contribution in [3.8, 4) is 6.07 Å². The van der Waals surface area contributed by atoms with Crippen molar-refractivity contribution < 1.29 is 9.59 Å². The van der Waals surface area contributed by atoms with Gasteiger partial charge >= 0.3 is 0 Å². The molecule has 1 aliphatic heterocycles. The van der Waals surface area contributed by atoms with Crippen LogP contribution in [-0.2, 0) is 9.59 Å². The zero-order valence-corrected chi connectivity index (χ0v) is 16.7. The van der Waals surface area contributed by atoms with Crippen molar-refractivity contribution >= 4 is 40.9 Å². The molecule has 0 saturated carbocycles. The molecule has 0 radical (unpaired) electrons. The third kappa shape index (κ3) is 4.75. The number of thioether (sulfide) groups is 1. The van der Waals surface area contributed by atoms with Crippen LogP contribution in [0.2, 0.25) is 5.02 Å². The molecular formula is C21H18ClN3O2S. The fourth-order valence-corrected chi connectivity index (χ4v) is 4.14. The van der Waals surface area contributed by atoms with Gasteiger partial charge in [-0.05, 0) is 36.2 Å². The van der Waals surface area contributed by atoms with Crippen LogP contribution < -0.4 is 10.6 Å². The number of allylic oxidation sites excluding steroid dienone is 1. The predicted octanol–water partition coefficient (Wildman–Crippen LogP) is 4.36. The molecule has 0 aromatic heterocycles. The highest BCUT2D eigenvalue weighted by Gasteiger charge is 2.30. The average Bonchev–Trinajstić information content (AvgIpc) is 2.66. The van der Waals surface area contributed by atoms with E-state index in [4.69, 9.17) is 11.6 Å². The number of benzene rings is 2. The second kappa shape index (κ2) is 8.96. The van der Waals surface area contributed by atoms with Crippen molar-refractivity contribution in [2.45, 2.75) is 19.3 Å². The van der Waals surface area contributed by atoms with Crippen LogP contribution in [0, 0.1) is 18.3 Å². The lowest BCUT2D eigenvalue weighted by molar-refractivity contribution is -0.121. The van der Waals surface area contributed by atoms with E-state index >= 15 is 0 Å². The molecule has 142 valence electrons. The number of nitrogens with zero attached hydrogens (tertiary/aromatic N) is 1. The Bertz CT molecular complexity index is 997. The third-order valence-electron chi connectivity index (χ3n) is 4.38. The van der Waals surface area contributed by atoms with E-state index in [-0.39, 0.29) is 29.9 Å². The van der Waals surface area contributed by atoms with Gasteiger partial charge in [-0.15, -0.1) is 0 Å². The highest BCUT2D eigenvalue weighted by molar-refractivity contribution is 8.03. The molecule has 0 fully saturated rings. The number of carbonyl (C=O) groups excluding carboxylic acids is 2. The lowest BCUT2D eigenvalue weighted by Gasteiger charge is -2.26. The molecular weight excluding hydrogens is 394 g/mol. The fraction of sp³-hybridized carbons (Fsp3) is 0.190. The first-order valence-corrected chi connectivity index (χ1v) is 10.0. The largest absolute Gasteiger partial charge is 0.325 e. The molecule has 1 heterocycles. The van der Waals surface area contributed by atoms with Gasteiger partial charge in [0, 0.05) is 23.0 Å². The van der Waals surface area contributed by atoms with E-state index < -0.39 is 0 Å². The third-order valence-corrected chi connectivity index (χ3v) is 5.63. The summed E-state index contributed by atoms with van der Waals surface area (Å²) in [6, 6.07) is 16.8. The lowest BCUT2D eigenvalue weighted by atomic mass is 9.85. The van der Waals surface area contributed by atoms with E-state index in [1.165, 1.54) is 0 Å².